The maximum atomic E-state index is 11.9. The molecule has 176 valence electrons. The fraction of sp³-hybridized carbons (Fsp3) is 0. The summed E-state index contributed by atoms with van der Waals surface area (Å²) in [5.74, 6) is 0.839. The SMILES string of the molecule is O=S(=O)(O)c1cc2nn(-c3ccc(C=Cc4nnc(-c5ccccc5)o4)cc3)nc2c2ccccc12. The van der Waals surface area contributed by atoms with Gasteiger partial charge in [0.05, 0.1) is 5.69 Å². The Labute approximate surface area is 205 Å². The smallest absolute Gasteiger partial charge is 0.295 e. The Bertz CT molecular complexity index is 1860. The average Bonchev–Trinajstić information content (AvgIpc) is 3.55. The van der Waals surface area contributed by atoms with Crippen LogP contribution in [0.4, 0.5) is 0 Å². The van der Waals surface area contributed by atoms with Crippen LogP contribution in [0.3, 0.4) is 0 Å². The second-order valence-corrected chi connectivity index (χ2v) is 9.38. The van der Waals surface area contributed by atoms with E-state index in [2.05, 4.69) is 20.4 Å². The van der Waals surface area contributed by atoms with E-state index in [1.165, 1.54) is 10.9 Å². The molecule has 2 aromatic heterocycles. The van der Waals surface area contributed by atoms with Crippen LogP contribution in [0.1, 0.15) is 11.5 Å². The Morgan fingerprint density at radius 2 is 1.53 bits per heavy atom. The second kappa shape index (κ2) is 8.52. The van der Waals surface area contributed by atoms with E-state index in [1.54, 1.807) is 30.3 Å². The molecule has 0 unspecified atom stereocenters. The van der Waals surface area contributed by atoms with Gasteiger partial charge < -0.3 is 4.42 Å². The quantitative estimate of drug-likeness (QED) is 0.330. The topological polar surface area (TPSA) is 124 Å². The molecule has 4 aromatic carbocycles. The highest BCUT2D eigenvalue weighted by atomic mass is 32.2. The third kappa shape index (κ3) is 4.04. The van der Waals surface area contributed by atoms with Gasteiger partial charge in [0.1, 0.15) is 15.9 Å². The predicted octanol–water partition coefficient (Wildman–Crippen LogP) is 5.04. The monoisotopic (exact) mass is 495 g/mol. The maximum absolute atomic E-state index is 11.9. The lowest BCUT2D eigenvalue weighted by Gasteiger charge is -2.03. The lowest BCUT2D eigenvalue weighted by Crippen LogP contribution is -1.99. The molecule has 10 heteroatoms. The van der Waals surface area contributed by atoms with Crippen LogP contribution >= 0.6 is 0 Å². The summed E-state index contributed by atoms with van der Waals surface area (Å²) in [6.07, 6.45) is 3.59. The minimum atomic E-state index is -4.43. The number of hydrogen-bond donors (Lipinski definition) is 1. The molecule has 2 heterocycles. The highest BCUT2D eigenvalue weighted by Gasteiger charge is 2.19. The molecule has 0 spiro atoms. The number of hydrogen-bond acceptors (Lipinski definition) is 7. The number of fused-ring (bicyclic) bond motifs is 3. The van der Waals surface area contributed by atoms with Crippen molar-refractivity contribution in [3.05, 3.63) is 96.4 Å². The Morgan fingerprint density at radius 3 is 2.28 bits per heavy atom. The van der Waals surface area contributed by atoms with Gasteiger partial charge in [0, 0.05) is 22.4 Å². The molecule has 36 heavy (non-hydrogen) atoms. The molecule has 0 saturated carbocycles. The summed E-state index contributed by atoms with van der Waals surface area (Å²) >= 11 is 0. The van der Waals surface area contributed by atoms with Gasteiger partial charge in [-0.25, -0.2) is 0 Å². The van der Waals surface area contributed by atoms with Crippen LogP contribution in [0.2, 0.25) is 0 Å². The summed E-state index contributed by atoms with van der Waals surface area (Å²) in [7, 11) is -4.43. The third-order valence-corrected chi connectivity index (χ3v) is 6.53. The van der Waals surface area contributed by atoms with Crippen molar-refractivity contribution in [1.29, 1.82) is 0 Å². The lowest BCUT2D eigenvalue weighted by atomic mass is 10.1. The van der Waals surface area contributed by atoms with Gasteiger partial charge in [-0.1, -0.05) is 54.6 Å². The maximum Gasteiger partial charge on any atom is 0.295 e. The molecule has 0 aliphatic rings. The first kappa shape index (κ1) is 21.8. The van der Waals surface area contributed by atoms with Gasteiger partial charge >= 0.3 is 0 Å². The van der Waals surface area contributed by atoms with E-state index < -0.39 is 10.1 Å². The number of nitrogens with zero attached hydrogens (tertiary/aromatic N) is 5. The van der Waals surface area contributed by atoms with Crippen LogP contribution in [-0.4, -0.2) is 38.2 Å². The molecule has 0 atom stereocenters. The number of aromatic nitrogens is 5. The van der Waals surface area contributed by atoms with Crippen molar-refractivity contribution >= 4 is 44.1 Å². The molecular formula is C26H17N5O4S. The zero-order valence-electron chi connectivity index (χ0n) is 18.6. The Kier molecular flexibility index (Phi) is 5.17. The molecule has 1 N–H and O–H groups in total. The minimum absolute atomic E-state index is 0.199. The number of rotatable bonds is 5. The van der Waals surface area contributed by atoms with Crippen LogP contribution < -0.4 is 0 Å². The van der Waals surface area contributed by atoms with Crippen molar-refractivity contribution in [3.63, 3.8) is 0 Å². The fourth-order valence-electron chi connectivity index (χ4n) is 3.93. The van der Waals surface area contributed by atoms with Crippen LogP contribution in [0, 0.1) is 0 Å². The zero-order chi connectivity index (χ0) is 24.7. The van der Waals surface area contributed by atoms with Gasteiger partial charge in [0.15, 0.2) is 0 Å². The normalized spacial score (nSPS) is 12.1. The van der Waals surface area contributed by atoms with Gasteiger partial charge in [-0.3, -0.25) is 4.55 Å². The Hall–Kier alpha value is -4.67. The van der Waals surface area contributed by atoms with Gasteiger partial charge in [0.2, 0.25) is 11.8 Å². The molecule has 0 bridgehead atoms. The largest absolute Gasteiger partial charge is 0.417 e. The average molecular weight is 496 g/mol. The van der Waals surface area contributed by atoms with Gasteiger partial charge in [0.25, 0.3) is 10.1 Å². The molecule has 0 saturated heterocycles. The predicted molar refractivity (Wildman–Crippen MR) is 135 cm³/mol. The first-order valence-corrected chi connectivity index (χ1v) is 12.3. The minimum Gasteiger partial charge on any atom is -0.417 e. The molecule has 9 nitrogen and oxygen atoms in total. The summed E-state index contributed by atoms with van der Waals surface area (Å²) in [4.78, 5) is 1.23. The zero-order valence-corrected chi connectivity index (χ0v) is 19.4. The standard InChI is InChI=1S/C26H17N5O4S/c32-36(33,34)23-16-22-25(21-9-5-4-8-20(21)23)30-31(29-22)19-13-10-17(11-14-19)12-15-24-27-28-26(35-24)18-6-2-1-3-7-18/h1-16H,(H,32,33,34). The van der Waals surface area contributed by atoms with Gasteiger partial charge in [-0.05, 0) is 42.0 Å². The van der Waals surface area contributed by atoms with Crippen LogP contribution in [-0.2, 0) is 10.1 Å². The van der Waals surface area contributed by atoms with E-state index in [1.807, 2.05) is 60.7 Å². The van der Waals surface area contributed by atoms with Crippen molar-refractivity contribution in [3.8, 4) is 17.1 Å². The fourth-order valence-corrected chi connectivity index (χ4v) is 4.64. The summed E-state index contributed by atoms with van der Waals surface area (Å²) in [6.45, 7) is 0. The molecule has 6 aromatic rings. The van der Waals surface area contributed by atoms with E-state index >= 15 is 0 Å². The highest BCUT2D eigenvalue weighted by molar-refractivity contribution is 7.86. The molecule has 0 aliphatic heterocycles. The summed E-state index contributed by atoms with van der Waals surface area (Å²) in [5, 5.41) is 18.1. The van der Waals surface area contributed by atoms with Gasteiger partial charge in [-0.2, -0.15) is 13.2 Å². The Morgan fingerprint density at radius 1 is 0.806 bits per heavy atom. The first-order chi connectivity index (χ1) is 17.5. The molecule has 0 fully saturated rings. The Balaban J connectivity index is 1.29. The summed E-state index contributed by atoms with van der Waals surface area (Å²) in [6, 6.07) is 25.2. The summed E-state index contributed by atoms with van der Waals surface area (Å²) in [5.41, 5.74) is 3.33. The second-order valence-electron chi connectivity index (χ2n) is 7.99. The van der Waals surface area contributed by atoms with Crippen LogP contribution in [0.5, 0.6) is 0 Å². The van der Waals surface area contributed by atoms with E-state index in [-0.39, 0.29) is 4.90 Å². The first-order valence-electron chi connectivity index (χ1n) is 10.9. The highest BCUT2D eigenvalue weighted by Crippen LogP contribution is 2.30. The van der Waals surface area contributed by atoms with Crippen LogP contribution in [0.25, 0.3) is 51.1 Å². The molecule has 0 radical (unpaired) electrons. The van der Waals surface area contributed by atoms with Crippen molar-refractivity contribution in [2.45, 2.75) is 4.90 Å². The number of benzene rings is 4. The van der Waals surface area contributed by atoms with Gasteiger partial charge in [-0.15, -0.1) is 20.4 Å². The third-order valence-electron chi connectivity index (χ3n) is 5.64. The van der Waals surface area contributed by atoms with Crippen molar-refractivity contribution in [2.75, 3.05) is 0 Å². The molecule has 0 aliphatic carbocycles. The van der Waals surface area contributed by atoms with E-state index in [4.69, 9.17) is 4.42 Å². The molecular weight excluding hydrogens is 478 g/mol. The van der Waals surface area contributed by atoms with E-state index in [9.17, 15) is 13.0 Å². The van der Waals surface area contributed by atoms with E-state index in [0.717, 1.165) is 11.1 Å². The lowest BCUT2D eigenvalue weighted by molar-refractivity contribution is 0.484. The molecule has 6 rings (SSSR count). The van der Waals surface area contributed by atoms with Crippen molar-refractivity contribution in [2.24, 2.45) is 0 Å². The van der Waals surface area contributed by atoms with E-state index in [0.29, 0.717) is 39.3 Å². The van der Waals surface area contributed by atoms with Crippen molar-refractivity contribution in [1.82, 2.24) is 25.2 Å². The van der Waals surface area contributed by atoms with Crippen molar-refractivity contribution < 1.29 is 17.4 Å². The molecule has 0 amide bonds. The van der Waals surface area contributed by atoms with Crippen LogP contribution in [0.15, 0.2) is 94.2 Å². The summed E-state index contributed by atoms with van der Waals surface area (Å²) < 4.78 is 39.2.